The van der Waals surface area contributed by atoms with Crippen molar-refractivity contribution in [2.45, 2.75) is 25.9 Å². The van der Waals surface area contributed by atoms with Crippen LogP contribution in [0, 0.1) is 6.92 Å². The van der Waals surface area contributed by atoms with Gasteiger partial charge in [-0.15, -0.1) is 0 Å². The number of aliphatic hydroxyl groups is 1. The van der Waals surface area contributed by atoms with Crippen LogP contribution in [0.5, 0.6) is 0 Å². The van der Waals surface area contributed by atoms with Gasteiger partial charge in [-0.25, -0.2) is 0 Å². The number of hydrogen-bond acceptors (Lipinski definition) is 3. The molecule has 0 radical (unpaired) electrons. The normalized spacial score (nSPS) is 11.6. The van der Waals surface area contributed by atoms with Gasteiger partial charge < -0.3 is 15.7 Å². The zero-order chi connectivity index (χ0) is 17.4. The van der Waals surface area contributed by atoms with Crippen LogP contribution in [0.3, 0.4) is 0 Å². The summed E-state index contributed by atoms with van der Waals surface area (Å²) in [6.45, 7) is 1.88. The molecule has 24 heavy (non-hydrogen) atoms. The molecular formula is C19H22N2O3. The van der Waals surface area contributed by atoms with Gasteiger partial charge in [-0.05, 0) is 18.1 Å². The van der Waals surface area contributed by atoms with E-state index in [1.54, 1.807) is 0 Å². The van der Waals surface area contributed by atoms with E-state index in [4.69, 9.17) is 0 Å². The Hall–Kier alpha value is -2.66. The van der Waals surface area contributed by atoms with Crippen molar-refractivity contribution in [1.82, 2.24) is 10.6 Å². The summed E-state index contributed by atoms with van der Waals surface area (Å²) in [5, 5.41) is 14.6. The van der Waals surface area contributed by atoms with E-state index in [2.05, 4.69) is 10.6 Å². The first-order valence-electron chi connectivity index (χ1n) is 7.86. The predicted molar refractivity (Wildman–Crippen MR) is 92.2 cm³/mol. The van der Waals surface area contributed by atoms with Crippen LogP contribution in [0.2, 0.25) is 0 Å². The smallest absolute Gasteiger partial charge is 0.245 e. The summed E-state index contributed by atoms with van der Waals surface area (Å²) in [4.78, 5) is 24.1. The molecule has 2 aromatic carbocycles. The lowest BCUT2D eigenvalue weighted by atomic mass is 10.1. The van der Waals surface area contributed by atoms with E-state index in [0.717, 1.165) is 16.7 Å². The van der Waals surface area contributed by atoms with E-state index in [1.165, 1.54) is 0 Å². The van der Waals surface area contributed by atoms with E-state index in [0.29, 0.717) is 6.54 Å². The second-order valence-electron chi connectivity index (χ2n) is 5.67. The summed E-state index contributed by atoms with van der Waals surface area (Å²) in [5.41, 5.74) is 2.93. The highest BCUT2D eigenvalue weighted by atomic mass is 16.3. The lowest BCUT2D eigenvalue weighted by Crippen LogP contribution is -2.49. The second kappa shape index (κ2) is 8.84. The van der Waals surface area contributed by atoms with E-state index in [-0.39, 0.29) is 12.3 Å². The Kier molecular flexibility index (Phi) is 6.51. The molecule has 5 heteroatoms. The standard InChI is InChI=1S/C19H22N2O3/c1-14-7-9-15(10-8-14)11-18(23)21-17(13-22)19(24)20-12-16-5-3-2-4-6-16/h2-10,17,22H,11-13H2,1H3,(H,20,24)(H,21,23). The fraction of sp³-hybridized carbons (Fsp3) is 0.263. The first kappa shape index (κ1) is 17.7. The van der Waals surface area contributed by atoms with Crippen LogP contribution >= 0.6 is 0 Å². The molecule has 2 amide bonds. The average molecular weight is 326 g/mol. The van der Waals surface area contributed by atoms with Gasteiger partial charge >= 0.3 is 0 Å². The van der Waals surface area contributed by atoms with Crippen LogP contribution in [0.15, 0.2) is 54.6 Å². The van der Waals surface area contributed by atoms with Crippen molar-refractivity contribution in [2.75, 3.05) is 6.61 Å². The average Bonchev–Trinajstić information content (AvgIpc) is 2.60. The third-order valence-electron chi connectivity index (χ3n) is 3.63. The highest BCUT2D eigenvalue weighted by Gasteiger charge is 2.19. The number of benzene rings is 2. The van der Waals surface area contributed by atoms with Crippen LogP contribution in [0.4, 0.5) is 0 Å². The third kappa shape index (κ3) is 5.52. The maximum atomic E-state index is 12.1. The Balaban J connectivity index is 1.84. The van der Waals surface area contributed by atoms with E-state index >= 15 is 0 Å². The van der Waals surface area contributed by atoms with Crippen molar-refractivity contribution >= 4 is 11.8 Å². The van der Waals surface area contributed by atoms with Crippen molar-refractivity contribution in [3.63, 3.8) is 0 Å². The summed E-state index contributed by atoms with van der Waals surface area (Å²) in [6, 6.07) is 16.1. The minimum Gasteiger partial charge on any atom is -0.394 e. The highest BCUT2D eigenvalue weighted by molar-refractivity contribution is 5.88. The zero-order valence-electron chi connectivity index (χ0n) is 13.7. The van der Waals surface area contributed by atoms with E-state index in [1.807, 2.05) is 61.5 Å². The second-order valence-corrected chi connectivity index (χ2v) is 5.67. The molecule has 0 spiro atoms. The lowest BCUT2D eigenvalue weighted by molar-refractivity contribution is -0.129. The van der Waals surface area contributed by atoms with Crippen molar-refractivity contribution in [3.8, 4) is 0 Å². The molecule has 0 heterocycles. The Morgan fingerprint density at radius 3 is 2.29 bits per heavy atom. The molecule has 2 rings (SSSR count). The molecule has 1 unspecified atom stereocenters. The van der Waals surface area contributed by atoms with Crippen LogP contribution in [-0.4, -0.2) is 29.6 Å². The van der Waals surface area contributed by atoms with Gasteiger partial charge in [-0.2, -0.15) is 0 Å². The van der Waals surface area contributed by atoms with Gasteiger partial charge in [0.15, 0.2) is 0 Å². The molecule has 0 aliphatic rings. The summed E-state index contributed by atoms with van der Waals surface area (Å²) >= 11 is 0. The highest BCUT2D eigenvalue weighted by Crippen LogP contribution is 2.04. The van der Waals surface area contributed by atoms with Crippen molar-refractivity contribution < 1.29 is 14.7 Å². The molecule has 1 atom stereocenters. The van der Waals surface area contributed by atoms with E-state index in [9.17, 15) is 14.7 Å². The number of nitrogens with one attached hydrogen (secondary N) is 2. The minimum absolute atomic E-state index is 0.169. The molecule has 5 nitrogen and oxygen atoms in total. The summed E-state index contributed by atoms with van der Waals surface area (Å²) in [5.74, 6) is -0.702. The van der Waals surface area contributed by atoms with Gasteiger partial charge in [-0.1, -0.05) is 60.2 Å². The molecule has 0 saturated heterocycles. The van der Waals surface area contributed by atoms with Gasteiger partial charge in [0.1, 0.15) is 6.04 Å². The molecule has 0 saturated carbocycles. The number of carbonyl (C=O) groups is 2. The van der Waals surface area contributed by atoms with Gasteiger partial charge in [-0.3, -0.25) is 9.59 Å². The SMILES string of the molecule is Cc1ccc(CC(=O)NC(CO)C(=O)NCc2ccccc2)cc1. The van der Waals surface area contributed by atoms with Crippen molar-refractivity contribution in [1.29, 1.82) is 0 Å². The molecule has 0 aliphatic heterocycles. The zero-order valence-corrected chi connectivity index (χ0v) is 13.7. The summed E-state index contributed by atoms with van der Waals surface area (Å²) < 4.78 is 0. The van der Waals surface area contributed by atoms with Crippen LogP contribution in [0.25, 0.3) is 0 Å². The third-order valence-corrected chi connectivity index (χ3v) is 3.63. The summed E-state index contributed by atoms with van der Waals surface area (Å²) in [7, 11) is 0. The van der Waals surface area contributed by atoms with Gasteiger partial charge in [0, 0.05) is 6.54 Å². The Morgan fingerprint density at radius 2 is 1.67 bits per heavy atom. The Bertz CT molecular complexity index is 669. The minimum atomic E-state index is -0.952. The van der Waals surface area contributed by atoms with Gasteiger partial charge in [0.2, 0.25) is 11.8 Å². The molecule has 126 valence electrons. The first-order valence-corrected chi connectivity index (χ1v) is 7.86. The molecule has 3 N–H and O–H groups in total. The van der Waals surface area contributed by atoms with Gasteiger partial charge in [0.25, 0.3) is 0 Å². The topological polar surface area (TPSA) is 78.4 Å². The van der Waals surface area contributed by atoms with Crippen molar-refractivity contribution in [2.24, 2.45) is 0 Å². The molecule has 0 aromatic heterocycles. The van der Waals surface area contributed by atoms with Crippen molar-refractivity contribution in [3.05, 3.63) is 71.3 Å². The number of hydrogen-bond donors (Lipinski definition) is 3. The predicted octanol–water partition coefficient (Wildman–Crippen LogP) is 1.33. The first-order chi connectivity index (χ1) is 11.6. The largest absolute Gasteiger partial charge is 0.394 e. The van der Waals surface area contributed by atoms with Crippen LogP contribution < -0.4 is 10.6 Å². The quantitative estimate of drug-likeness (QED) is 0.718. The maximum Gasteiger partial charge on any atom is 0.245 e. The fourth-order valence-corrected chi connectivity index (χ4v) is 2.24. The number of rotatable bonds is 7. The number of carbonyl (C=O) groups excluding carboxylic acids is 2. The molecule has 0 aliphatic carbocycles. The lowest BCUT2D eigenvalue weighted by Gasteiger charge is -2.16. The monoisotopic (exact) mass is 326 g/mol. The van der Waals surface area contributed by atoms with Crippen LogP contribution in [0.1, 0.15) is 16.7 Å². The fourth-order valence-electron chi connectivity index (χ4n) is 2.24. The van der Waals surface area contributed by atoms with Gasteiger partial charge in [0.05, 0.1) is 13.0 Å². The number of aryl methyl sites for hydroxylation is 1. The molecule has 0 fully saturated rings. The van der Waals surface area contributed by atoms with E-state index < -0.39 is 18.6 Å². The molecule has 2 aromatic rings. The number of aliphatic hydroxyl groups excluding tert-OH is 1. The molecular weight excluding hydrogens is 304 g/mol. The Labute approximate surface area is 141 Å². The maximum absolute atomic E-state index is 12.1. The molecule has 0 bridgehead atoms. The Morgan fingerprint density at radius 1 is 1.00 bits per heavy atom. The van der Waals surface area contributed by atoms with Crippen LogP contribution in [-0.2, 0) is 22.6 Å². The number of amides is 2. The summed E-state index contributed by atoms with van der Waals surface area (Å²) in [6.07, 6.45) is 0.169.